The quantitative estimate of drug-likeness (QED) is 0.700. The molecule has 2 N–H and O–H groups in total. The molecule has 1 aliphatic rings. The van der Waals surface area contributed by atoms with Crippen LogP contribution in [0.4, 0.5) is 0 Å². The van der Waals surface area contributed by atoms with Gasteiger partial charge in [-0.05, 0) is 29.3 Å². The summed E-state index contributed by atoms with van der Waals surface area (Å²) in [5, 5.41) is 18.7. The number of amides is 1. The molecular formula is C19H21ClN6O. The molecule has 7 nitrogen and oxygen atoms in total. The minimum absolute atomic E-state index is 0. The van der Waals surface area contributed by atoms with Gasteiger partial charge in [0.1, 0.15) is 6.54 Å². The van der Waals surface area contributed by atoms with E-state index in [9.17, 15) is 4.79 Å². The number of rotatable bonds is 5. The van der Waals surface area contributed by atoms with E-state index in [1.807, 2.05) is 36.4 Å². The monoisotopic (exact) mass is 384 g/mol. The lowest BCUT2D eigenvalue weighted by atomic mass is 9.94. The summed E-state index contributed by atoms with van der Waals surface area (Å²) in [5.41, 5.74) is 3.47. The molecule has 0 fully saturated rings. The van der Waals surface area contributed by atoms with Crippen LogP contribution in [0.15, 0.2) is 54.6 Å². The first-order chi connectivity index (χ1) is 12.8. The van der Waals surface area contributed by atoms with Gasteiger partial charge < -0.3 is 10.6 Å². The summed E-state index contributed by atoms with van der Waals surface area (Å²) < 4.78 is 0. The van der Waals surface area contributed by atoms with Crippen LogP contribution in [0.1, 0.15) is 17.2 Å². The van der Waals surface area contributed by atoms with Crippen molar-refractivity contribution in [3.8, 4) is 11.4 Å². The molecule has 8 heteroatoms. The predicted octanol–water partition coefficient (Wildman–Crippen LogP) is 1.77. The van der Waals surface area contributed by atoms with E-state index < -0.39 is 0 Å². The summed E-state index contributed by atoms with van der Waals surface area (Å²) in [5.74, 6) is 0.383. The van der Waals surface area contributed by atoms with Crippen molar-refractivity contribution in [2.45, 2.75) is 19.0 Å². The Morgan fingerprint density at radius 3 is 2.78 bits per heavy atom. The number of hydrogen-bond donors (Lipinski definition) is 2. The third kappa shape index (κ3) is 4.50. The van der Waals surface area contributed by atoms with Gasteiger partial charge in [-0.2, -0.15) is 4.80 Å². The second-order valence-corrected chi connectivity index (χ2v) is 6.27. The van der Waals surface area contributed by atoms with Crippen molar-refractivity contribution < 1.29 is 4.79 Å². The average molecular weight is 385 g/mol. The molecule has 0 saturated carbocycles. The molecule has 0 bridgehead atoms. The lowest BCUT2D eigenvalue weighted by Crippen LogP contribution is -2.40. The number of halogens is 1. The molecular weight excluding hydrogens is 364 g/mol. The number of nitrogens with one attached hydrogen (secondary N) is 2. The second kappa shape index (κ2) is 8.75. The van der Waals surface area contributed by atoms with Gasteiger partial charge in [0.15, 0.2) is 0 Å². The maximum absolute atomic E-state index is 12.2. The highest BCUT2D eigenvalue weighted by Crippen LogP contribution is 2.21. The van der Waals surface area contributed by atoms with Gasteiger partial charge in [-0.25, -0.2) is 0 Å². The van der Waals surface area contributed by atoms with Gasteiger partial charge >= 0.3 is 0 Å². The van der Waals surface area contributed by atoms with Gasteiger partial charge in [0, 0.05) is 18.2 Å². The van der Waals surface area contributed by atoms with Crippen molar-refractivity contribution >= 4 is 18.3 Å². The van der Waals surface area contributed by atoms with Crippen molar-refractivity contribution in [1.82, 2.24) is 30.8 Å². The van der Waals surface area contributed by atoms with Gasteiger partial charge in [-0.3, -0.25) is 4.79 Å². The molecule has 1 aromatic heterocycles. The number of benzene rings is 2. The maximum atomic E-state index is 12.2. The molecule has 0 aliphatic carbocycles. The smallest absolute Gasteiger partial charge is 0.243 e. The molecule has 1 amide bonds. The highest BCUT2D eigenvalue weighted by Gasteiger charge is 2.19. The van der Waals surface area contributed by atoms with E-state index in [1.54, 1.807) is 0 Å². The lowest BCUT2D eigenvalue weighted by Gasteiger charge is -2.27. The first-order valence-electron chi connectivity index (χ1n) is 8.71. The summed E-state index contributed by atoms with van der Waals surface area (Å²) in [6.45, 7) is 1.51. The molecule has 0 spiro atoms. The van der Waals surface area contributed by atoms with Gasteiger partial charge in [-0.1, -0.05) is 54.6 Å². The number of hydrogen-bond acceptors (Lipinski definition) is 5. The van der Waals surface area contributed by atoms with E-state index in [1.165, 1.54) is 15.9 Å². The number of carbonyl (C=O) groups excluding carboxylic acids is 1. The molecule has 1 atom stereocenters. The average Bonchev–Trinajstić information content (AvgIpc) is 3.15. The number of tetrazole rings is 1. The molecule has 1 unspecified atom stereocenters. The molecule has 2 aromatic carbocycles. The Labute approximate surface area is 163 Å². The van der Waals surface area contributed by atoms with E-state index >= 15 is 0 Å². The zero-order valence-electron chi connectivity index (χ0n) is 14.7. The third-order valence-corrected chi connectivity index (χ3v) is 4.49. The van der Waals surface area contributed by atoms with Crippen molar-refractivity contribution in [2.75, 3.05) is 13.1 Å². The highest BCUT2D eigenvalue weighted by molar-refractivity contribution is 5.85. The number of fused-ring (bicyclic) bond motifs is 1. The van der Waals surface area contributed by atoms with Crippen LogP contribution in [0.5, 0.6) is 0 Å². The molecule has 27 heavy (non-hydrogen) atoms. The van der Waals surface area contributed by atoms with Gasteiger partial charge in [-0.15, -0.1) is 22.6 Å². The molecule has 1 aliphatic heterocycles. The number of nitrogens with zero attached hydrogens (tertiary/aromatic N) is 4. The van der Waals surface area contributed by atoms with E-state index in [4.69, 9.17) is 0 Å². The molecule has 4 rings (SSSR count). The molecule has 3 aromatic rings. The van der Waals surface area contributed by atoms with Crippen molar-refractivity contribution in [1.29, 1.82) is 0 Å². The summed E-state index contributed by atoms with van der Waals surface area (Å²) in [6, 6.07) is 18.1. The Morgan fingerprint density at radius 2 is 1.93 bits per heavy atom. The SMILES string of the molecule is Cl.O=C(Cn1nnc(-c2ccccc2)n1)NCC1NCCc2ccccc21. The maximum Gasteiger partial charge on any atom is 0.243 e. The standard InChI is InChI=1S/C19H20N6O.ClH/c26-18(13-25-23-19(22-24-25)15-7-2-1-3-8-15)21-12-17-16-9-5-4-6-14(16)10-11-20-17;/h1-9,17,20H,10-13H2,(H,21,26);1H. The number of aromatic nitrogens is 4. The van der Waals surface area contributed by atoms with Crippen LogP contribution < -0.4 is 10.6 Å². The fraction of sp³-hybridized carbons (Fsp3) is 0.263. The van der Waals surface area contributed by atoms with Gasteiger partial charge in [0.25, 0.3) is 0 Å². The van der Waals surface area contributed by atoms with Crippen LogP contribution >= 0.6 is 12.4 Å². The van der Waals surface area contributed by atoms with Crippen LogP contribution in [-0.4, -0.2) is 39.2 Å². The van der Waals surface area contributed by atoms with E-state index in [0.29, 0.717) is 12.4 Å². The van der Waals surface area contributed by atoms with Gasteiger partial charge in [0.05, 0.1) is 0 Å². The van der Waals surface area contributed by atoms with E-state index in [2.05, 4.69) is 44.2 Å². The zero-order valence-corrected chi connectivity index (χ0v) is 15.5. The van der Waals surface area contributed by atoms with Crippen LogP contribution in [0.25, 0.3) is 11.4 Å². The van der Waals surface area contributed by atoms with Crippen molar-refractivity contribution in [3.63, 3.8) is 0 Å². The summed E-state index contributed by atoms with van der Waals surface area (Å²) in [4.78, 5) is 13.6. The predicted molar refractivity (Wildman–Crippen MR) is 104 cm³/mol. The fourth-order valence-corrected chi connectivity index (χ4v) is 3.19. The van der Waals surface area contributed by atoms with Crippen LogP contribution in [-0.2, 0) is 17.8 Å². The van der Waals surface area contributed by atoms with Gasteiger partial charge in [0.2, 0.25) is 11.7 Å². The Balaban J connectivity index is 0.00000210. The van der Waals surface area contributed by atoms with Crippen LogP contribution in [0.3, 0.4) is 0 Å². The van der Waals surface area contributed by atoms with Crippen molar-refractivity contribution in [3.05, 3.63) is 65.7 Å². The Morgan fingerprint density at radius 1 is 1.15 bits per heavy atom. The molecule has 0 saturated heterocycles. The van der Waals surface area contributed by atoms with Crippen molar-refractivity contribution in [2.24, 2.45) is 0 Å². The van der Waals surface area contributed by atoms with E-state index in [0.717, 1.165) is 18.5 Å². The Hall–Kier alpha value is -2.77. The molecule has 0 radical (unpaired) electrons. The first-order valence-corrected chi connectivity index (χ1v) is 8.71. The molecule has 140 valence electrons. The minimum atomic E-state index is -0.133. The van der Waals surface area contributed by atoms with E-state index in [-0.39, 0.29) is 30.9 Å². The van der Waals surface area contributed by atoms with Crippen LogP contribution in [0.2, 0.25) is 0 Å². The largest absolute Gasteiger partial charge is 0.353 e. The number of carbonyl (C=O) groups is 1. The summed E-state index contributed by atoms with van der Waals surface area (Å²) in [6.07, 6.45) is 1.02. The fourth-order valence-electron chi connectivity index (χ4n) is 3.19. The first kappa shape index (κ1) is 19.0. The third-order valence-electron chi connectivity index (χ3n) is 4.49. The summed E-state index contributed by atoms with van der Waals surface area (Å²) >= 11 is 0. The molecule has 2 heterocycles. The Kier molecular flexibility index (Phi) is 6.16. The topological polar surface area (TPSA) is 84.7 Å². The Bertz CT molecular complexity index is 898. The van der Waals surface area contributed by atoms with Crippen LogP contribution in [0, 0.1) is 0 Å². The summed E-state index contributed by atoms with van der Waals surface area (Å²) in [7, 11) is 0. The zero-order chi connectivity index (χ0) is 17.8. The normalized spacial score (nSPS) is 15.5. The highest BCUT2D eigenvalue weighted by atomic mass is 35.5. The minimum Gasteiger partial charge on any atom is -0.353 e. The lowest BCUT2D eigenvalue weighted by molar-refractivity contribution is -0.122. The second-order valence-electron chi connectivity index (χ2n) is 6.27.